The fraction of sp³-hybridized carbons (Fsp3) is 0.923. The highest BCUT2D eigenvalue weighted by Gasteiger charge is 2.50. The second-order valence-corrected chi connectivity index (χ2v) is 6.37. The predicted octanol–water partition coefficient (Wildman–Crippen LogP) is -0.360. The van der Waals surface area contributed by atoms with Crippen molar-refractivity contribution in [3.63, 3.8) is 0 Å². The molecule has 104 valence electrons. The Morgan fingerprint density at radius 3 is 2.22 bits per heavy atom. The van der Waals surface area contributed by atoms with Crippen LogP contribution in [0.3, 0.4) is 0 Å². The van der Waals surface area contributed by atoms with E-state index in [4.69, 9.17) is 5.73 Å². The lowest BCUT2D eigenvalue weighted by Gasteiger charge is -2.38. The van der Waals surface area contributed by atoms with Gasteiger partial charge in [0, 0.05) is 39.3 Å². The number of nitrogens with two attached hydrogens (primary N) is 1. The van der Waals surface area contributed by atoms with Crippen LogP contribution in [0.25, 0.3) is 0 Å². The van der Waals surface area contributed by atoms with Gasteiger partial charge in [-0.3, -0.25) is 9.69 Å². The van der Waals surface area contributed by atoms with Crippen LogP contribution < -0.4 is 5.73 Å². The molecule has 3 N–H and O–H groups in total. The summed E-state index contributed by atoms with van der Waals surface area (Å²) in [6, 6.07) is 0. The van der Waals surface area contributed by atoms with Crippen LogP contribution in [-0.4, -0.2) is 65.7 Å². The Labute approximate surface area is 109 Å². The standard InChI is InChI=1S/C13H25N3O2/c1-12(2,18)10-15-5-7-16(8-6-15)11(17)13(9-14)3-4-13/h18H,3-10,14H2,1-2H3. The molecular weight excluding hydrogens is 230 g/mol. The predicted molar refractivity (Wildman–Crippen MR) is 70.0 cm³/mol. The average molecular weight is 255 g/mol. The molecule has 0 atom stereocenters. The Bertz CT molecular complexity index is 313. The molecule has 1 saturated carbocycles. The maximum absolute atomic E-state index is 12.3. The van der Waals surface area contributed by atoms with Gasteiger partial charge in [0.05, 0.1) is 11.0 Å². The zero-order chi connectivity index (χ0) is 13.4. The van der Waals surface area contributed by atoms with Gasteiger partial charge >= 0.3 is 0 Å². The zero-order valence-electron chi connectivity index (χ0n) is 11.5. The minimum Gasteiger partial charge on any atom is -0.389 e. The summed E-state index contributed by atoms with van der Waals surface area (Å²) in [5.41, 5.74) is 4.81. The molecule has 1 amide bonds. The second-order valence-electron chi connectivity index (χ2n) is 6.37. The molecule has 2 rings (SSSR count). The molecule has 0 radical (unpaired) electrons. The first-order chi connectivity index (χ1) is 8.36. The van der Waals surface area contributed by atoms with Gasteiger partial charge in [-0.1, -0.05) is 0 Å². The van der Waals surface area contributed by atoms with E-state index in [-0.39, 0.29) is 11.3 Å². The van der Waals surface area contributed by atoms with Crippen LogP contribution >= 0.6 is 0 Å². The summed E-state index contributed by atoms with van der Waals surface area (Å²) in [5, 5.41) is 9.78. The summed E-state index contributed by atoms with van der Waals surface area (Å²) < 4.78 is 0. The van der Waals surface area contributed by atoms with Crippen molar-refractivity contribution in [3.8, 4) is 0 Å². The third-order valence-electron chi connectivity index (χ3n) is 3.97. The first-order valence-corrected chi connectivity index (χ1v) is 6.80. The first-order valence-electron chi connectivity index (χ1n) is 6.80. The smallest absolute Gasteiger partial charge is 0.230 e. The van der Waals surface area contributed by atoms with Crippen LogP contribution in [0.15, 0.2) is 0 Å². The molecule has 0 bridgehead atoms. The largest absolute Gasteiger partial charge is 0.389 e. The van der Waals surface area contributed by atoms with Crippen LogP contribution in [0.1, 0.15) is 26.7 Å². The lowest BCUT2D eigenvalue weighted by atomic mass is 10.0. The van der Waals surface area contributed by atoms with Crippen molar-refractivity contribution in [3.05, 3.63) is 0 Å². The second kappa shape index (κ2) is 4.79. The van der Waals surface area contributed by atoms with Gasteiger partial charge < -0.3 is 15.7 Å². The lowest BCUT2D eigenvalue weighted by Crippen LogP contribution is -2.54. The van der Waals surface area contributed by atoms with Crippen LogP contribution in [0.4, 0.5) is 0 Å². The summed E-state index contributed by atoms with van der Waals surface area (Å²) in [6.45, 7) is 7.99. The topological polar surface area (TPSA) is 69.8 Å². The third-order valence-corrected chi connectivity index (χ3v) is 3.97. The molecule has 0 unspecified atom stereocenters. The fourth-order valence-corrected chi connectivity index (χ4v) is 2.65. The van der Waals surface area contributed by atoms with E-state index in [1.165, 1.54) is 0 Å². The Kier molecular flexibility index (Phi) is 3.67. The van der Waals surface area contributed by atoms with Crippen molar-refractivity contribution < 1.29 is 9.90 Å². The number of rotatable bonds is 4. The minimum absolute atomic E-state index is 0.224. The summed E-state index contributed by atoms with van der Waals surface area (Å²) in [4.78, 5) is 16.4. The maximum atomic E-state index is 12.3. The van der Waals surface area contributed by atoms with Crippen molar-refractivity contribution >= 4 is 5.91 Å². The molecule has 0 spiro atoms. The highest BCUT2D eigenvalue weighted by atomic mass is 16.3. The Hall–Kier alpha value is -0.650. The van der Waals surface area contributed by atoms with Gasteiger partial charge in [-0.25, -0.2) is 0 Å². The first kappa shape index (κ1) is 13.8. The molecule has 5 nitrogen and oxygen atoms in total. The van der Waals surface area contributed by atoms with Gasteiger partial charge in [-0.2, -0.15) is 0 Å². The van der Waals surface area contributed by atoms with Crippen LogP contribution in [0.5, 0.6) is 0 Å². The summed E-state index contributed by atoms with van der Waals surface area (Å²) in [7, 11) is 0. The molecule has 1 saturated heterocycles. The third kappa shape index (κ3) is 3.02. The maximum Gasteiger partial charge on any atom is 0.230 e. The molecule has 2 aliphatic rings. The quantitative estimate of drug-likeness (QED) is 0.720. The number of piperazine rings is 1. The number of nitrogens with zero attached hydrogens (tertiary/aromatic N) is 2. The molecular formula is C13H25N3O2. The number of carbonyl (C=O) groups is 1. The van der Waals surface area contributed by atoms with Crippen molar-refractivity contribution in [2.45, 2.75) is 32.3 Å². The molecule has 1 aliphatic carbocycles. The number of carbonyl (C=O) groups excluding carboxylic acids is 1. The van der Waals surface area contributed by atoms with E-state index >= 15 is 0 Å². The Balaban J connectivity index is 1.82. The molecule has 18 heavy (non-hydrogen) atoms. The van der Waals surface area contributed by atoms with Gasteiger partial charge in [-0.05, 0) is 26.7 Å². The number of amides is 1. The fourth-order valence-electron chi connectivity index (χ4n) is 2.65. The number of hydrogen-bond donors (Lipinski definition) is 2. The van der Waals surface area contributed by atoms with E-state index < -0.39 is 5.60 Å². The average Bonchev–Trinajstić information content (AvgIpc) is 3.08. The SMILES string of the molecule is CC(C)(O)CN1CCN(C(=O)C2(CN)CC2)CC1. The van der Waals surface area contributed by atoms with Crippen molar-refractivity contribution in [1.82, 2.24) is 9.80 Å². The summed E-state index contributed by atoms with van der Waals surface area (Å²) >= 11 is 0. The summed E-state index contributed by atoms with van der Waals surface area (Å²) in [6.07, 6.45) is 1.90. The van der Waals surface area contributed by atoms with Gasteiger partial charge in [-0.15, -0.1) is 0 Å². The van der Waals surface area contributed by atoms with Crippen LogP contribution in [0, 0.1) is 5.41 Å². The van der Waals surface area contributed by atoms with Crippen LogP contribution in [-0.2, 0) is 4.79 Å². The molecule has 0 aromatic heterocycles. The van der Waals surface area contributed by atoms with Gasteiger partial charge in [0.1, 0.15) is 0 Å². The monoisotopic (exact) mass is 255 g/mol. The van der Waals surface area contributed by atoms with E-state index in [0.717, 1.165) is 39.0 Å². The van der Waals surface area contributed by atoms with Gasteiger partial charge in [0.2, 0.25) is 5.91 Å². The number of aliphatic hydroxyl groups is 1. The lowest BCUT2D eigenvalue weighted by molar-refractivity contribution is -0.138. The van der Waals surface area contributed by atoms with Crippen molar-refractivity contribution in [2.24, 2.45) is 11.1 Å². The normalized spacial score (nSPS) is 24.1. The van der Waals surface area contributed by atoms with E-state index in [0.29, 0.717) is 13.1 Å². The molecule has 0 aromatic rings. The Morgan fingerprint density at radius 1 is 1.28 bits per heavy atom. The van der Waals surface area contributed by atoms with Crippen molar-refractivity contribution in [2.75, 3.05) is 39.3 Å². The van der Waals surface area contributed by atoms with E-state index in [2.05, 4.69) is 4.90 Å². The zero-order valence-corrected chi connectivity index (χ0v) is 11.5. The molecule has 1 aliphatic heterocycles. The number of hydrogen-bond acceptors (Lipinski definition) is 4. The van der Waals surface area contributed by atoms with Crippen LogP contribution in [0.2, 0.25) is 0 Å². The minimum atomic E-state index is -0.666. The summed E-state index contributed by atoms with van der Waals surface area (Å²) in [5.74, 6) is 0.243. The van der Waals surface area contributed by atoms with Crippen molar-refractivity contribution in [1.29, 1.82) is 0 Å². The molecule has 1 heterocycles. The van der Waals surface area contributed by atoms with E-state index in [9.17, 15) is 9.90 Å². The van der Waals surface area contributed by atoms with E-state index in [1.54, 1.807) is 0 Å². The molecule has 5 heteroatoms. The molecule has 0 aromatic carbocycles. The molecule has 2 fully saturated rings. The highest BCUT2D eigenvalue weighted by molar-refractivity contribution is 5.85. The van der Waals surface area contributed by atoms with Gasteiger partial charge in [0.15, 0.2) is 0 Å². The number of β-amino-alcohol motifs (C(OH)–C–C–N with tert-alkyl or cyclic N) is 1. The highest BCUT2D eigenvalue weighted by Crippen LogP contribution is 2.46. The Morgan fingerprint density at radius 2 is 1.83 bits per heavy atom. The van der Waals surface area contributed by atoms with Gasteiger partial charge in [0.25, 0.3) is 0 Å². The van der Waals surface area contributed by atoms with E-state index in [1.807, 2.05) is 18.7 Å².